The van der Waals surface area contributed by atoms with Crippen LogP contribution in [0.15, 0.2) is 16.6 Å². The number of anilines is 1. The van der Waals surface area contributed by atoms with E-state index >= 15 is 0 Å². The quantitative estimate of drug-likeness (QED) is 0.896. The first-order valence-corrected chi connectivity index (χ1v) is 6.31. The molecule has 0 aliphatic carbocycles. The van der Waals surface area contributed by atoms with Gasteiger partial charge in [0.05, 0.1) is 11.6 Å². The van der Waals surface area contributed by atoms with Crippen molar-refractivity contribution in [1.29, 1.82) is 0 Å². The highest BCUT2D eigenvalue weighted by molar-refractivity contribution is 9.10. The Morgan fingerprint density at radius 1 is 1.44 bits per heavy atom. The molecule has 0 saturated heterocycles. The van der Waals surface area contributed by atoms with Crippen molar-refractivity contribution in [2.24, 2.45) is 17.6 Å². The van der Waals surface area contributed by atoms with Crippen molar-refractivity contribution >= 4 is 27.5 Å². The molecule has 1 rings (SSSR count). The molecule has 1 amide bonds. The molecule has 0 heterocycles. The van der Waals surface area contributed by atoms with Crippen LogP contribution in [0.4, 0.5) is 14.5 Å². The number of carbonyl (C=O) groups excluding carboxylic acids is 1. The fourth-order valence-corrected chi connectivity index (χ4v) is 2.07. The van der Waals surface area contributed by atoms with Gasteiger partial charge in [-0.2, -0.15) is 0 Å². The Balaban J connectivity index is 2.95. The number of nitrogens with two attached hydrogens (primary N) is 1. The van der Waals surface area contributed by atoms with E-state index in [1.807, 2.05) is 13.8 Å². The zero-order valence-corrected chi connectivity index (χ0v) is 11.7. The van der Waals surface area contributed by atoms with Crippen LogP contribution in [0.5, 0.6) is 0 Å². The van der Waals surface area contributed by atoms with Gasteiger partial charge in [0.15, 0.2) is 5.82 Å². The molecular formula is C12H15BrF2N2O. The van der Waals surface area contributed by atoms with Gasteiger partial charge in [0.25, 0.3) is 0 Å². The van der Waals surface area contributed by atoms with E-state index in [0.717, 1.165) is 6.07 Å². The number of hydrogen-bond acceptors (Lipinski definition) is 2. The van der Waals surface area contributed by atoms with Crippen LogP contribution in [0.3, 0.4) is 0 Å². The number of amides is 1. The first-order chi connectivity index (χ1) is 8.36. The van der Waals surface area contributed by atoms with Gasteiger partial charge < -0.3 is 11.1 Å². The molecule has 1 unspecified atom stereocenters. The third-order valence-corrected chi connectivity index (χ3v) is 3.28. The van der Waals surface area contributed by atoms with Gasteiger partial charge in [0.2, 0.25) is 5.91 Å². The summed E-state index contributed by atoms with van der Waals surface area (Å²) in [4.78, 5) is 11.9. The van der Waals surface area contributed by atoms with E-state index in [4.69, 9.17) is 5.73 Å². The van der Waals surface area contributed by atoms with Crippen LogP contribution in [0.1, 0.15) is 13.8 Å². The van der Waals surface area contributed by atoms with E-state index in [-0.39, 0.29) is 28.5 Å². The van der Waals surface area contributed by atoms with E-state index in [0.29, 0.717) is 6.07 Å². The summed E-state index contributed by atoms with van der Waals surface area (Å²) in [5, 5.41) is 2.43. The van der Waals surface area contributed by atoms with Crippen LogP contribution in [-0.4, -0.2) is 12.5 Å². The third-order valence-electron chi connectivity index (χ3n) is 2.65. The van der Waals surface area contributed by atoms with Gasteiger partial charge in [-0.15, -0.1) is 0 Å². The standard InChI is InChI=1S/C12H15BrF2N2O/c1-6(2)8(5-16)12(18)17-11-9(13)3-7(14)4-10(11)15/h3-4,6,8H,5,16H2,1-2H3,(H,17,18). The average Bonchev–Trinajstić information content (AvgIpc) is 2.23. The summed E-state index contributed by atoms with van der Waals surface area (Å²) in [6.45, 7) is 3.88. The molecule has 6 heteroatoms. The summed E-state index contributed by atoms with van der Waals surface area (Å²) in [6.07, 6.45) is 0. The highest BCUT2D eigenvalue weighted by atomic mass is 79.9. The number of hydrogen-bond donors (Lipinski definition) is 2. The summed E-state index contributed by atoms with van der Waals surface area (Å²) in [5.41, 5.74) is 5.43. The SMILES string of the molecule is CC(C)C(CN)C(=O)Nc1c(F)cc(F)cc1Br. The van der Waals surface area contributed by atoms with Crippen LogP contribution in [0, 0.1) is 23.5 Å². The molecule has 3 N–H and O–H groups in total. The lowest BCUT2D eigenvalue weighted by Crippen LogP contribution is -2.33. The molecule has 0 fully saturated rings. The Bertz CT molecular complexity index is 429. The molecule has 18 heavy (non-hydrogen) atoms. The van der Waals surface area contributed by atoms with Crippen LogP contribution in [0.2, 0.25) is 0 Å². The number of rotatable bonds is 4. The van der Waals surface area contributed by atoms with E-state index in [9.17, 15) is 13.6 Å². The van der Waals surface area contributed by atoms with Crippen molar-refractivity contribution in [1.82, 2.24) is 0 Å². The van der Waals surface area contributed by atoms with E-state index in [1.54, 1.807) is 0 Å². The maximum absolute atomic E-state index is 13.5. The van der Waals surface area contributed by atoms with Crippen molar-refractivity contribution in [3.05, 3.63) is 28.2 Å². The second kappa shape index (κ2) is 6.24. The Morgan fingerprint density at radius 2 is 2.06 bits per heavy atom. The maximum Gasteiger partial charge on any atom is 0.229 e. The predicted molar refractivity (Wildman–Crippen MR) is 70.1 cm³/mol. The largest absolute Gasteiger partial charge is 0.330 e. The number of carbonyl (C=O) groups is 1. The Morgan fingerprint density at radius 3 is 2.50 bits per heavy atom. The molecule has 0 bridgehead atoms. The molecule has 3 nitrogen and oxygen atoms in total. The van der Waals surface area contributed by atoms with Gasteiger partial charge in [-0.25, -0.2) is 8.78 Å². The molecule has 100 valence electrons. The summed E-state index contributed by atoms with van der Waals surface area (Å²) in [6, 6.07) is 1.80. The zero-order chi connectivity index (χ0) is 13.9. The molecule has 0 saturated carbocycles. The lowest BCUT2D eigenvalue weighted by Gasteiger charge is -2.19. The van der Waals surface area contributed by atoms with Crippen LogP contribution in [0.25, 0.3) is 0 Å². The minimum Gasteiger partial charge on any atom is -0.330 e. The van der Waals surface area contributed by atoms with Crippen LogP contribution >= 0.6 is 15.9 Å². The van der Waals surface area contributed by atoms with E-state index in [2.05, 4.69) is 21.2 Å². The molecule has 1 aromatic rings. The van der Waals surface area contributed by atoms with Crippen LogP contribution in [-0.2, 0) is 4.79 Å². The van der Waals surface area contributed by atoms with E-state index in [1.165, 1.54) is 0 Å². The highest BCUT2D eigenvalue weighted by Gasteiger charge is 2.22. The lowest BCUT2D eigenvalue weighted by molar-refractivity contribution is -0.120. The van der Waals surface area contributed by atoms with Crippen LogP contribution < -0.4 is 11.1 Å². The first kappa shape index (κ1) is 15.0. The normalized spacial score (nSPS) is 12.6. The van der Waals surface area contributed by atoms with Gasteiger partial charge in [0, 0.05) is 17.1 Å². The topological polar surface area (TPSA) is 55.1 Å². The molecule has 0 radical (unpaired) electrons. The Hall–Kier alpha value is -1.01. The minimum atomic E-state index is -0.824. The van der Waals surface area contributed by atoms with Crippen molar-refractivity contribution in [3.63, 3.8) is 0 Å². The molecule has 0 spiro atoms. The molecule has 1 atom stereocenters. The van der Waals surface area contributed by atoms with Gasteiger partial charge >= 0.3 is 0 Å². The second-order valence-electron chi connectivity index (χ2n) is 4.32. The van der Waals surface area contributed by atoms with E-state index < -0.39 is 17.6 Å². The fourth-order valence-electron chi connectivity index (χ4n) is 1.56. The molecule has 1 aromatic carbocycles. The van der Waals surface area contributed by atoms with Crippen molar-refractivity contribution in [3.8, 4) is 0 Å². The van der Waals surface area contributed by atoms with Crippen molar-refractivity contribution < 1.29 is 13.6 Å². The van der Waals surface area contributed by atoms with Gasteiger partial charge in [-0.05, 0) is 27.9 Å². The molecule has 0 aliphatic heterocycles. The van der Waals surface area contributed by atoms with Crippen molar-refractivity contribution in [2.75, 3.05) is 11.9 Å². The smallest absolute Gasteiger partial charge is 0.229 e. The minimum absolute atomic E-state index is 0.0392. The Labute approximate surface area is 113 Å². The molecule has 0 aliphatic rings. The highest BCUT2D eigenvalue weighted by Crippen LogP contribution is 2.27. The zero-order valence-electron chi connectivity index (χ0n) is 10.1. The van der Waals surface area contributed by atoms with Gasteiger partial charge in [-0.3, -0.25) is 4.79 Å². The average molecular weight is 321 g/mol. The Kier molecular flexibility index (Phi) is 5.22. The lowest BCUT2D eigenvalue weighted by atomic mass is 9.95. The fraction of sp³-hybridized carbons (Fsp3) is 0.417. The summed E-state index contributed by atoms with van der Waals surface area (Å²) < 4.78 is 26.6. The second-order valence-corrected chi connectivity index (χ2v) is 5.17. The molecule has 0 aromatic heterocycles. The predicted octanol–water partition coefficient (Wildman–Crippen LogP) is 2.90. The number of benzene rings is 1. The van der Waals surface area contributed by atoms with Gasteiger partial charge in [0.1, 0.15) is 5.82 Å². The third kappa shape index (κ3) is 3.49. The summed E-state index contributed by atoms with van der Waals surface area (Å²) >= 11 is 3.01. The summed E-state index contributed by atoms with van der Waals surface area (Å²) in [5.74, 6) is -2.29. The number of halogens is 3. The first-order valence-electron chi connectivity index (χ1n) is 5.52. The monoisotopic (exact) mass is 320 g/mol. The molecular weight excluding hydrogens is 306 g/mol. The maximum atomic E-state index is 13.5. The van der Waals surface area contributed by atoms with Crippen molar-refractivity contribution in [2.45, 2.75) is 13.8 Å². The summed E-state index contributed by atoms with van der Waals surface area (Å²) in [7, 11) is 0. The number of nitrogens with one attached hydrogen (secondary N) is 1. The van der Waals surface area contributed by atoms with Gasteiger partial charge in [-0.1, -0.05) is 13.8 Å².